The third-order valence-corrected chi connectivity index (χ3v) is 3.50. The molecule has 0 saturated carbocycles. The van der Waals surface area contributed by atoms with Gasteiger partial charge in [-0.05, 0) is 30.3 Å². The van der Waals surface area contributed by atoms with Crippen molar-refractivity contribution in [2.24, 2.45) is 0 Å². The van der Waals surface area contributed by atoms with Crippen LogP contribution in [0, 0.1) is 0 Å². The molecule has 1 amide bonds. The first-order valence-electron chi connectivity index (χ1n) is 7.32. The van der Waals surface area contributed by atoms with Gasteiger partial charge in [-0.25, -0.2) is 0 Å². The average molecular weight is 314 g/mol. The van der Waals surface area contributed by atoms with Gasteiger partial charge < -0.3 is 19.7 Å². The lowest BCUT2D eigenvalue weighted by molar-refractivity contribution is -0.115. The molecule has 122 valence electrons. The molecule has 2 aromatic carbocycles. The minimum Gasteiger partial charge on any atom is -0.497 e. The van der Waals surface area contributed by atoms with Crippen molar-refractivity contribution in [1.29, 1.82) is 0 Å². The summed E-state index contributed by atoms with van der Waals surface area (Å²) in [6.45, 7) is 0. The van der Waals surface area contributed by atoms with Crippen molar-refractivity contribution in [2.45, 2.75) is 6.42 Å². The summed E-state index contributed by atoms with van der Waals surface area (Å²) in [5.41, 5.74) is 2.52. The molecule has 1 N–H and O–H groups in total. The van der Waals surface area contributed by atoms with E-state index in [4.69, 9.17) is 9.47 Å². The van der Waals surface area contributed by atoms with Gasteiger partial charge in [0.1, 0.15) is 11.5 Å². The van der Waals surface area contributed by atoms with E-state index in [-0.39, 0.29) is 12.3 Å². The number of carbonyl (C=O) groups is 1. The van der Waals surface area contributed by atoms with E-state index in [1.807, 2.05) is 55.4 Å². The molecule has 2 rings (SSSR count). The summed E-state index contributed by atoms with van der Waals surface area (Å²) in [6, 6.07) is 13.1. The van der Waals surface area contributed by atoms with E-state index < -0.39 is 0 Å². The number of nitrogens with one attached hydrogen (secondary N) is 1. The van der Waals surface area contributed by atoms with E-state index in [9.17, 15) is 4.79 Å². The Hall–Kier alpha value is -2.69. The highest BCUT2D eigenvalue weighted by atomic mass is 16.5. The van der Waals surface area contributed by atoms with E-state index in [2.05, 4.69) is 5.32 Å². The van der Waals surface area contributed by atoms with Gasteiger partial charge in [-0.2, -0.15) is 0 Å². The standard InChI is InChI=1S/C18H22N2O3/c1-20(2)16-8-6-5-7-15(16)19-18(21)12-13-11-14(22-3)9-10-17(13)23-4/h5-11H,12H2,1-4H3,(H,19,21). The fourth-order valence-corrected chi connectivity index (χ4v) is 2.36. The third kappa shape index (κ3) is 4.16. The molecule has 23 heavy (non-hydrogen) atoms. The van der Waals surface area contributed by atoms with Crippen LogP contribution in [0.1, 0.15) is 5.56 Å². The molecule has 0 aromatic heterocycles. The van der Waals surface area contributed by atoms with Crippen LogP contribution < -0.4 is 19.7 Å². The van der Waals surface area contributed by atoms with Crippen molar-refractivity contribution < 1.29 is 14.3 Å². The first-order chi connectivity index (χ1) is 11.0. The minimum absolute atomic E-state index is 0.106. The van der Waals surface area contributed by atoms with Crippen LogP contribution in [0.5, 0.6) is 11.5 Å². The first-order valence-corrected chi connectivity index (χ1v) is 7.32. The predicted molar refractivity (Wildman–Crippen MR) is 92.6 cm³/mol. The largest absolute Gasteiger partial charge is 0.497 e. The second-order valence-electron chi connectivity index (χ2n) is 5.31. The van der Waals surface area contributed by atoms with E-state index in [1.54, 1.807) is 20.3 Å². The van der Waals surface area contributed by atoms with Crippen molar-refractivity contribution in [3.05, 3.63) is 48.0 Å². The van der Waals surface area contributed by atoms with Crippen LogP contribution in [0.15, 0.2) is 42.5 Å². The Labute approximate surface area is 136 Å². The number of amides is 1. The monoisotopic (exact) mass is 314 g/mol. The van der Waals surface area contributed by atoms with Crippen molar-refractivity contribution >= 4 is 17.3 Å². The molecule has 0 fully saturated rings. The molecule has 0 aliphatic rings. The Kier molecular flexibility index (Phi) is 5.46. The lowest BCUT2D eigenvalue weighted by Crippen LogP contribution is -2.18. The van der Waals surface area contributed by atoms with E-state index >= 15 is 0 Å². The number of methoxy groups -OCH3 is 2. The fraction of sp³-hybridized carbons (Fsp3) is 0.278. The maximum absolute atomic E-state index is 12.4. The second-order valence-corrected chi connectivity index (χ2v) is 5.31. The fourth-order valence-electron chi connectivity index (χ4n) is 2.36. The van der Waals surface area contributed by atoms with Gasteiger partial charge in [0.05, 0.1) is 32.0 Å². The first kappa shape index (κ1) is 16.7. The number of hydrogen-bond donors (Lipinski definition) is 1. The van der Waals surface area contributed by atoms with Crippen LogP contribution in [0.2, 0.25) is 0 Å². The highest BCUT2D eigenvalue weighted by Crippen LogP contribution is 2.26. The number of anilines is 2. The van der Waals surface area contributed by atoms with Gasteiger partial charge in [0.25, 0.3) is 0 Å². The van der Waals surface area contributed by atoms with Crippen LogP contribution in [-0.4, -0.2) is 34.2 Å². The number of para-hydroxylation sites is 2. The van der Waals surface area contributed by atoms with Gasteiger partial charge >= 0.3 is 0 Å². The van der Waals surface area contributed by atoms with Crippen LogP contribution >= 0.6 is 0 Å². The summed E-state index contributed by atoms with van der Waals surface area (Å²) in [6.07, 6.45) is 0.210. The van der Waals surface area contributed by atoms with Crippen LogP contribution in [-0.2, 0) is 11.2 Å². The zero-order valence-corrected chi connectivity index (χ0v) is 13.9. The van der Waals surface area contributed by atoms with Gasteiger partial charge in [0, 0.05) is 19.7 Å². The third-order valence-electron chi connectivity index (χ3n) is 3.50. The molecular weight excluding hydrogens is 292 g/mol. The lowest BCUT2D eigenvalue weighted by atomic mass is 10.1. The molecule has 0 spiro atoms. The van der Waals surface area contributed by atoms with E-state index in [0.717, 1.165) is 16.9 Å². The highest BCUT2D eigenvalue weighted by molar-refractivity contribution is 5.95. The molecule has 0 unspecified atom stereocenters. The summed E-state index contributed by atoms with van der Waals surface area (Å²) in [5.74, 6) is 1.26. The molecule has 0 aliphatic heterocycles. The number of rotatable bonds is 6. The molecule has 0 aliphatic carbocycles. The van der Waals surface area contributed by atoms with Gasteiger partial charge in [0.2, 0.25) is 5.91 Å². The minimum atomic E-state index is -0.106. The average Bonchev–Trinajstić information content (AvgIpc) is 2.55. The number of carbonyl (C=O) groups excluding carboxylic acids is 1. The quantitative estimate of drug-likeness (QED) is 0.890. The maximum Gasteiger partial charge on any atom is 0.228 e. The van der Waals surface area contributed by atoms with Gasteiger partial charge in [-0.1, -0.05) is 12.1 Å². The summed E-state index contributed by atoms with van der Waals surface area (Å²) in [4.78, 5) is 14.4. The van der Waals surface area contributed by atoms with Crippen molar-refractivity contribution in [3.8, 4) is 11.5 Å². The predicted octanol–water partition coefficient (Wildman–Crippen LogP) is 2.95. The smallest absolute Gasteiger partial charge is 0.228 e. The lowest BCUT2D eigenvalue weighted by Gasteiger charge is -2.18. The van der Waals surface area contributed by atoms with Gasteiger partial charge in [0.15, 0.2) is 0 Å². The molecule has 0 bridgehead atoms. The highest BCUT2D eigenvalue weighted by Gasteiger charge is 2.12. The van der Waals surface area contributed by atoms with E-state index in [0.29, 0.717) is 11.5 Å². The molecule has 0 saturated heterocycles. The van der Waals surface area contributed by atoms with Crippen LogP contribution in [0.4, 0.5) is 11.4 Å². The Balaban J connectivity index is 2.17. The van der Waals surface area contributed by atoms with Crippen molar-refractivity contribution in [1.82, 2.24) is 0 Å². The van der Waals surface area contributed by atoms with Gasteiger partial charge in [-0.15, -0.1) is 0 Å². The SMILES string of the molecule is COc1ccc(OC)c(CC(=O)Nc2ccccc2N(C)C)c1. The Morgan fingerprint density at radius 3 is 2.48 bits per heavy atom. The summed E-state index contributed by atoms with van der Waals surface area (Å²) in [5, 5.41) is 2.95. The molecular formula is C18H22N2O3. The zero-order chi connectivity index (χ0) is 16.8. The van der Waals surface area contributed by atoms with Gasteiger partial charge in [-0.3, -0.25) is 4.79 Å². The molecule has 5 heteroatoms. The summed E-state index contributed by atoms with van der Waals surface area (Å²) >= 11 is 0. The number of nitrogens with zero attached hydrogens (tertiary/aromatic N) is 1. The number of benzene rings is 2. The molecule has 2 aromatic rings. The topological polar surface area (TPSA) is 50.8 Å². The molecule has 5 nitrogen and oxygen atoms in total. The van der Waals surface area contributed by atoms with Crippen molar-refractivity contribution in [2.75, 3.05) is 38.5 Å². The van der Waals surface area contributed by atoms with Crippen molar-refractivity contribution in [3.63, 3.8) is 0 Å². The Bertz CT molecular complexity index is 684. The molecule has 0 heterocycles. The molecule has 0 radical (unpaired) electrons. The Morgan fingerprint density at radius 1 is 1.09 bits per heavy atom. The summed E-state index contributed by atoms with van der Waals surface area (Å²) in [7, 11) is 7.07. The summed E-state index contributed by atoms with van der Waals surface area (Å²) < 4.78 is 10.5. The second kappa shape index (κ2) is 7.54. The maximum atomic E-state index is 12.4. The van der Waals surface area contributed by atoms with E-state index in [1.165, 1.54) is 0 Å². The number of ether oxygens (including phenoxy) is 2. The van der Waals surface area contributed by atoms with Crippen LogP contribution in [0.25, 0.3) is 0 Å². The Morgan fingerprint density at radius 2 is 1.83 bits per heavy atom. The van der Waals surface area contributed by atoms with Crippen LogP contribution in [0.3, 0.4) is 0 Å². The zero-order valence-electron chi connectivity index (χ0n) is 13.9. The molecule has 0 atom stereocenters. The normalized spacial score (nSPS) is 10.1. The number of hydrogen-bond acceptors (Lipinski definition) is 4.